The summed E-state index contributed by atoms with van der Waals surface area (Å²) in [5, 5.41) is 10.0. The molecule has 0 saturated carbocycles. The van der Waals surface area contributed by atoms with Crippen LogP contribution in [-0.2, 0) is 17.2 Å². The zero-order valence-electron chi connectivity index (χ0n) is 23.4. The van der Waals surface area contributed by atoms with Crippen LogP contribution in [0.3, 0.4) is 0 Å². The zero-order chi connectivity index (χ0) is 29.9. The van der Waals surface area contributed by atoms with Crippen molar-refractivity contribution in [2.45, 2.75) is 76.3 Å². The predicted molar refractivity (Wildman–Crippen MR) is 157 cm³/mol. The van der Waals surface area contributed by atoms with E-state index in [-0.39, 0.29) is 11.5 Å². The first-order valence-corrected chi connectivity index (χ1v) is 15.8. The van der Waals surface area contributed by atoms with Crippen molar-refractivity contribution in [3.8, 4) is 5.75 Å². The second kappa shape index (κ2) is 15.5. The van der Waals surface area contributed by atoms with Crippen molar-refractivity contribution >= 4 is 21.9 Å². The van der Waals surface area contributed by atoms with E-state index >= 15 is 0 Å². The fourth-order valence-electron chi connectivity index (χ4n) is 5.31. The van der Waals surface area contributed by atoms with Crippen LogP contribution in [0.4, 0.5) is 22.0 Å². The van der Waals surface area contributed by atoms with Gasteiger partial charge in [-0.15, -0.1) is 0 Å². The van der Waals surface area contributed by atoms with Crippen LogP contribution in [-0.4, -0.2) is 50.9 Å². The van der Waals surface area contributed by atoms with Crippen molar-refractivity contribution in [3.63, 3.8) is 0 Å². The molecular weight excluding hydrogens is 557 g/mol. The Bertz CT molecular complexity index is 1180. The lowest BCUT2D eigenvalue weighted by molar-refractivity contribution is -0.284. The number of aromatic hydroxyl groups is 1. The Hall–Kier alpha value is -2.68. The molecular formula is C32H40F5NO2S. The molecule has 1 aliphatic rings. The van der Waals surface area contributed by atoms with Gasteiger partial charge in [0.15, 0.2) is 0 Å². The van der Waals surface area contributed by atoms with Crippen LogP contribution in [0.15, 0.2) is 61.3 Å². The monoisotopic (exact) mass is 597 g/mol. The maximum absolute atomic E-state index is 13.0. The second-order valence-corrected chi connectivity index (χ2v) is 12.3. The molecule has 0 aliphatic heterocycles. The van der Waals surface area contributed by atoms with Crippen LogP contribution >= 0.6 is 0 Å². The van der Waals surface area contributed by atoms with E-state index in [1.54, 1.807) is 12.3 Å². The lowest BCUT2D eigenvalue weighted by atomic mass is 9.89. The Morgan fingerprint density at radius 3 is 2.32 bits per heavy atom. The number of hydrogen-bond acceptors (Lipinski definition) is 3. The molecule has 2 aromatic carbocycles. The van der Waals surface area contributed by atoms with Gasteiger partial charge in [0.2, 0.25) is 0 Å². The molecule has 226 valence electrons. The molecule has 1 unspecified atom stereocenters. The normalized spacial score (nSPS) is 14.9. The molecule has 9 heteroatoms. The first-order chi connectivity index (χ1) is 19.5. The number of benzene rings is 2. The highest BCUT2D eigenvalue weighted by Gasteiger charge is 2.56. The van der Waals surface area contributed by atoms with Crippen molar-refractivity contribution in [1.82, 2.24) is 4.90 Å². The minimum Gasteiger partial charge on any atom is -0.508 e. The average Bonchev–Trinajstić information content (AvgIpc) is 3.10. The number of unbranched alkanes of at least 4 members (excludes halogenated alkanes) is 2. The van der Waals surface area contributed by atoms with Crippen LogP contribution in [0.25, 0.3) is 11.1 Å². The van der Waals surface area contributed by atoms with E-state index in [1.807, 2.05) is 23.1 Å². The molecule has 0 fully saturated rings. The molecule has 1 atom stereocenters. The number of allylic oxidation sites excluding steroid dienone is 2. The minimum absolute atomic E-state index is 0.163. The van der Waals surface area contributed by atoms with Gasteiger partial charge in [-0.25, -0.2) is 0 Å². The van der Waals surface area contributed by atoms with E-state index in [2.05, 4.69) is 30.8 Å². The molecule has 0 bridgehead atoms. The lowest BCUT2D eigenvalue weighted by Crippen LogP contribution is -2.36. The maximum atomic E-state index is 13.0. The third-order valence-electron chi connectivity index (χ3n) is 7.50. The summed E-state index contributed by atoms with van der Waals surface area (Å²) in [6, 6.07) is 16.2. The van der Waals surface area contributed by atoms with Gasteiger partial charge in [-0.2, -0.15) is 22.0 Å². The summed E-state index contributed by atoms with van der Waals surface area (Å²) in [5.74, 6) is -4.35. The number of alkyl halides is 5. The number of phenolic OH excluding ortho intramolecular Hbond substituents is 1. The number of hydrogen-bond donors (Lipinski definition) is 1. The van der Waals surface area contributed by atoms with Gasteiger partial charge in [-0.05, 0) is 97.5 Å². The Kier molecular flexibility index (Phi) is 12.4. The van der Waals surface area contributed by atoms with Crippen LogP contribution < -0.4 is 0 Å². The molecule has 3 rings (SSSR count). The van der Waals surface area contributed by atoms with Gasteiger partial charge in [0.05, 0.1) is 0 Å². The van der Waals surface area contributed by atoms with Gasteiger partial charge < -0.3 is 10.0 Å². The summed E-state index contributed by atoms with van der Waals surface area (Å²) < 4.78 is 74.9. The predicted octanol–water partition coefficient (Wildman–Crippen LogP) is 8.76. The molecule has 0 amide bonds. The molecule has 0 saturated heterocycles. The maximum Gasteiger partial charge on any atom is 0.453 e. The molecule has 41 heavy (non-hydrogen) atoms. The fourth-order valence-corrected chi connectivity index (χ4v) is 6.43. The third kappa shape index (κ3) is 9.97. The van der Waals surface area contributed by atoms with Gasteiger partial charge in [-0.3, -0.25) is 4.21 Å². The van der Waals surface area contributed by atoms with Crippen LogP contribution in [0.1, 0.15) is 74.5 Å². The van der Waals surface area contributed by atoms with Crippen molar-refractivity contribution < 1.29 is 31.3 Å². The SMILES string of the molecule is C=CN(CCCCCC1=C(c2ccccc2)CCCc2cc(O)ccc21)CCCS(=O)CCCC(F)(F)C(F)(F)F. The second-order valence-electron chi connectivity index (χ2n) is 10.6. The lowest BCUT2D eigenvalue weighted by Gasteiger charge is -2.20. The number of aryl methyl sites for hydroxylation is 1. The van der Waals surface area contributed by atoms with Crippen LogP contribution in [0.5, 0.6) is 5.75 Å². The summed E-state index contributed by atoms with van der Waals surface area (Å²) in [5.41, 5.74) is 6.38. The topological polar surface area (TPSA) is 40.5 Å². The smallest absolute Gasteiger partial charge is 0.453 e. The zero-order valence-corrected chi connectivity index (χ0v) is 24.2. The highest BCUT2D eigenvalue weighted by Crippen LogP contribution is 2.40. The summed E-state index contributed by atoms with van der Waals surface area (Å²) in [7, 11) is -1.43. The molecule has 3 nitrogen and oxygen atoms in total. The Morgan fingerprint density at radius 1 is 0.902 bits per heavy atom. The molecule has 0 aromatic heterocycles. The summed E-state index contributed by atoms with van der Waals surface area (Å²) in [6.07, 6.45) is 1.79. The quantitative estimate of drug-likeness (QED) is 0.155. The first-order valence-electron chi connectivity index (χ1n) is 14.3. The molecule has 1 aliphatic carbocycles. The standard InChI is InChI=1S/C32H40F5NO2S/c1-2-38(21-11-23-41(40)22-10-19-31(33,34)32(35,36)37)20-8-4-7-15-30-28(25-12-5-3-6-13-25)16-9-14-26-24-27(39)17-18-29(26)30/h2-3,5-6,12-13,17-18,24,39H,1,4,7-11,14-16,19-23H2. The van der Waals surface area contributed by atoms with Crippen molar-refractivity contribution in [2.75, 3.05) is 24.6 Å². The Balaban J connectivity index is 1.45. The van der Waals surface area contributed by atoms with E-state index < -0.39 is 35.7 Å². The third-order valence-corrected chi connectivity index (χ3v) is 8.99. The highest BCUT2D eigenvalue weighted by atomic mass is 32.2. The minimum atomic E-state index is -5.57. The highest BCUT2D eigenvalue weighted by molar-refractivity contribution is 7.84. The number of nitrogens with zero attached hydrogens (tertiary/aromatic N) is 1. The van der Waals surface area contributed by atoms with Gasteiger partial charge in [0.25, 0.3) is 0 Å². The summed E-state index contributed by atoms with van der Waals surface area (Å²) >= 11 is 0. The largest absolute Gasteiger partial charge is 0.508 e. The van der Waals surface area contributed by atoms with E-state index in [4.69, 9.17) is 0 Å². The Labute approximate surface area is 242 Å². The van der Waals surface area contributed by atoms with Crippen molar-refractivity contribution in [3.05, 3.63) is 78.0 Å². The molecule has 0 radical (unpaired) electrons. The van der Waals surface area contributed by atoms with Gasteiger partial charge in [0.1, 0.15) is 5.75 Å². The number of fused-ring (bicyclic) bond motifs is 1. The van der Waals surface area contributed by atoms with Crippen molar-refractivity contribution in [1.29, 1.82) is 0 Å². The van der Waals surface area contributed by atoms with Gasteiger partial charge >= 0.3 is 12.1 Å². The van der Waals surface area contributed by atoms with Gasteiger partial charge in [0, 0.05) is 41.8 Å². The van der Waals surface area contributed by atoms with Crippen molar-refractivity contribution in [2.24, 2.45) is 0 Å². The molecule has 0 heterocycles. The summed E-state index contributed by atoms with van der Waals surface area (Å²) in [6.45, 7) is 5.24. The molecule has 0 spiro atoms. The van der Waals surface area contributed by atoms with E-state index in [0.29, 0.717) is 18.7 Å². The first kappa shape index (κ1) is 32.8. The van der Waals surface area contributed by atoms with E-state index in [1.165, 1.54) is 27.8 Å². The van der Waals surface area contributed by atoms with E-state index in [9.17, 15) is 31.3 Å². The summed E-state index contributed by atoms with van der Waals surface area (Å²) in [4.78, 5) is 2.04. The number of rotatable bonds is 16. The van der Waals surface area contributed by atoms with Gasteiger partial charge in [-0.1, -0.05) is 49.4 Å². The Morgan fingerprint density at radius 2 is 1.61 bits per heavy atom. The van der Waals surface area contributed by atoms with Crippen LogP contribution in [0.2, 0.25) is 0 Å². The average molecular weight is 598 g/mol. The molecule has 1 N–H and O–H groups in total. The van der Waals surface area contributed by atoms with E-state index in [0.717, 1.165) is 51.5 Å². The number of halogens is 5. The number of phenols is 1. The molecule has 2 aromatic rings. The van der Waals surface area contributed by atoms with Crippen LogP contribution in [0, 0.1) is 0 Å². The fraction of sp³-hybridized carbons (Fsp3) is 0.500.